The summed E-state index contributed by atoms with van der Waals surface area (Å²) in [6.07, 6.45) is 0.845. The van der Waals surface area contributed by atoms with Gasteiger partial charge in [0.05, 0.1) is 5.69 Å². The molecule has 1 aromatic carbocycles. The van der Waals surface area contributed by atoms with Crippen LogP contribution in [-0.2, 0) is 16.1 Å². The van der Waals surface area contributed by atoms with Crippen LogP contribution < -0.4 is 0 Å². The first-order valence-electron chi connectivity index (χ1n) is 9.65. The Labute approximate surface area is 183 Å². The van der Waals surface area contributed by atoms with E-state index in [1.807, 2.05) is 30.3 Å². The molecule has 2 saturated heterocycles. The van der Waals surface area contributed by atoms with Crippen molar-refractivity contribution < 1.29 is 24.3 Å². The number of likely N-dealkylation sites (tertiary alicyclic amines) is 1. The second-order valence-corrected chi connectivity index (χ2v) is 8.09. The average Bonchev–Trinajstić information content (AvgIpc) is 3.28. The molecule has 1 spiro atoms. The van der Waals surface area contributed by atoms with Gasteiger partial charge in [0, 0.05) is 26.7 Å². The molecule has 2 aliphatic heterocycles. The number of aromatic nitrogens is 2. The third-order valence-electron chi connectivity index (χ3n) is 5.64. The van der Waals surface area contributed by atoms with E-state index >= 15 is 0 Å². The zero-order valence-electron chi connectivity index (χ0n) is 17.2. The van der Waals surface area contributed by atoms with Gasteiger partial charge in [-0.25, -0.2) is 4.79 Å². The fraction of sp³-hybridized carbons (Fsp3) is 0.400. The summed E-state index contributed by atoms with van der Waals surface area (Å²) in [5, 5.41) is 10.8. The van der Waals surface area contributed by atoms with Crippen molar-refractivity contribution in [3.8, 4) is 0 Å². The Bertz CT molecular complexity index is 971. The highest BCUT2D eigenvalue weighted by molar-refractivity contribution is 7.07. The highest BCUT2D eigenvalue weighted by atomic mass is 32.1. The number of rotatable bonds is 3. The molecule has 3 heterocycles. The SMILES string of the molecule is Cc1nnsc1C(=O)N1CCC2(CC1)C(=O)N(C)C(=O)N2Cc1ccccc1.O=CO. The van der Waals surface area contributed by atoms with Crippen LogP contribution in [0.4, 0.5) is 4.79 Å². The molecule has 1 aromatic heterocycles. The molecule has 0 unspecified atom stereocenters. The summed E-state index contributed by atoms with van der Waals surface area (Å²) in [5.74, 6) is -0.293. The van der Waals surface area contributed by atoms with Gasteiger partial charge in [0.25, 0.3) is 18.3 Å². The van der Waals surface area contributed by atoms with Crippen LogP contribution in [0, 0.1) is 6.92 Å². The third kappa shape index (κ3) is 4.13. The molecule has 0 atom stereocenters. The predicted molar refractivity (Wildman–Crippen MR) is 111 cm³/mol. The van der Waals surface area contributed by atoms with E-state index in [9.17, 15) is 14.4 Å². The standard InChI is InChI=1S/C19H21N5O3S.CH2O2/c1-13-15(28-21-20-13)16(25)23-10-8-19(9-11-23)17(26)22(2)18(27)24(19)12-14-6-4-3-5-7-14;2-1-3/h3-7H,8-12H2,1-2H3;1H,(H,2,3). The van der Waals surface area contributed by atoms with Crippen molar-refractivity contribution in [2.24, 2.45) is 0 Å². The molecule has 1 N–H and O–H groups in total. The lowest BCUT2D eigenvalue weighted by Crippen LogP contribution is -2.57. The van der Waals surface area contributed by atoms with Crippen molar-refractivity contribution in [3.05, 3.63) is 46.5 Å². The molecule has 4 rings (SSSR count). The predicted octanol–water partition coefficient (Wildman–Crippen LogP) is 1.62. The lowest BCUT2D eigenvalue weighted by atomic mass is 9.85. The number of carbonyl (C=O) groups is 4. The fourth-order valence-electron chi connectivity index (χ4n) is 4.00. The number of hydrogen-bond donors (Lipinski definition) is 1. The number of benzene rings is 1. The largest absolute Gasteiger partial charge is 0.483 e. The molecule has 4 amide bonds. The van der Waals surface area contributed by atoms with E-state index in [1.165, 1.54) is 11.9 Å². The maximum Gasteiger partial charge on any atom is 0.327 e. The number of carbonyl (C=O) groups excluding carboxylic acids is 3. The van der Waals surface area contributed by atoms with Crippen LogP contribution in [0.3, 0.4) is 0 Å². The molecule has 2 aromatic rings. The monoisotopic (exact) mass is 445 g/mol. The Morgan fingerprint density at radius 3 is 2.39 bits per heavy atom. The summed E-state index contributed by atoms with van der Waals surface area (Å²) < 4.78 is 3.83. The van der Waals surface area contributed by atoms with Crippen LogP contribution in [0.1, 0.15) is 33.8 Å². The number of likely N-dealkylation sites (N-methyl/N-ethyl adjacent to an activating group) is 1. The average molecular weight is 446 g/mol. The minimum atomic E-state index is -0.889. The van der Waals surface area contributed by atoms with Crippen LogP contribution >= 0.6 is 11.5 Å². The molecule has 31 heavy (non-hydrogen) atoms. The molecule has 0 radical (unpaired) electrons. The van der Waals surface area contributed by atoms with E-state index < -0.39 is 5.54 Å². The van der Waals surface area contributed by atoms with E-state index in [1.54, 1.807) is 16.7 Å². The van der Waals surface area contributed by atoms with Gasteiger partial charge < -0.3 is 14.9 Å². The minimum absolute atomic E-state index is 0.109. The molecular formula is C20H23N5O5S. The molecule has 0 saturated carbocycles. The second-order valence-electron chi connectivity index (χ2n) is 7.34. The number of piperidine rings is 1. The molecule has 0 bridgehead atoms. The smallest absolute Gasteiger partial charge is 0.327 e. The number of aryl methyl sites for hydroxylation is 1. The zero-order chi connectivity index (χ0) is 22.6. The van der Waals surface area contributed by atoms with Crippen LogP contribution in [0.2, 0.25) is 0 Å². The van der Waals surface area contributed by atoms with Crippen molar-refractivity contribution in [3.63, 3.8) is 0 Å². The van der Waals surface area contributed by atoms with E-state index in [0.717, 1.165) is 17.1 Å². The van der Waals surface area contributed by atoms with Gasteiger partial charge in [-0.15, -0.1) is 5.10 Å². The Hall–Kier alpha value is -3.34. The van der Waals surface area contributed by atoms with E-state index in [0.29, 0.717) is 43.0 Å². The van der Waals surface area contributed by atoms with Gasteiger partial charge >= 0.3 is 6.03 Å². The Kier molecular flexibility index (Phi) is 6.64. The first kappa shape index (κ1) is 22.3. The van der Waals surface area contributed by atoms with Gasteiger partial charge in [0.1, 0.15) is 10.4 Å². The molecule has 2 aliphatic rings. The molecule has 2 fully saturated rings. The second kappa shape index (κ2) is 9.21. The van der Waals surface area contributed by atoms with E-state index in [-0.39, 0.29) is 24.3 Å². The maximum atomic E-state index is 13.0. The lowest BCUT2D eigenvalue weighted by molar-refractivity contribution is -0.134. The third-order valence-corrected chi connectivity index (χ3v) is 6.46. The Morgan fingerprint density at radius 1 is 1.23 bits per heavy atom. The highest BCUT2D eigenvalue weighted by Crippen LogP contribution is 2.38. The Morgan fingerprint density at radius 2 is 1.84 bits per heavy atom. The maximum absolute atomic E-state index is 13.0. The van der Waals surface area contributed by atoms with E-state index in [4.69, 9.17) is 9.90 Å². The number of urea groups is 1. The molecule has 10 nitrogen and oxygen atoms in total. The first-order chi connectivity index (χ1) is 14.9. The number of amides is 4. The van der Waals surface area contributed by atoms with Gasteiger partial charge in [-0.3, -0.25) is 19.3 Å². The van der Waals surface area contributed by atoms with Crippen LogP contribution in [0.25, 0.3) is 0 Å². The summed E-state index contributed by atoms with van der Waals surface area (Å²) in [6.45, 7) is 2.71. The topological polar surface area (TPSA) is 124 Å². The highest BCUT2D eigenvalue weighted by Gasteiger charge is 2.57. The molecule has 0 aliphatic carbocycles. The molecular weight excluding hydrogens is 422 g/mol. The first-order valence-corrected chi connectivity index (χ1v) is 10.4. The van der Waals surface area contributed by atoms with Gasteiger partial charge in [0.2, 0.25) is 0 Å². The number of nitrogens with zero attached hydrogens (tertiary/aromatic N) is 5. The van der Waals surface area contributed by atoms with E-state index in [2.05, 4.69) is 9.59 Å². The van der Waals surface area contributed by atoms with Crippen molar-refractivity contribution in [2.75, 3.05) is 20.1 Å². The lowest BCUT2D eigenvalue weighted by Gasteiger charge is -2.42. The summed E-state index contributed by atoms with van der Waals surface area (Å²) in [6, 6.07) is 9.37. The minimum Gasteiger partial charge on any atom is -0.483 e. The summed E-state index contributed by atoms with van der Waals surface area (Å²) >= 11 is 1.09. The zero-order valence-corrected chi connectivity index (χ0v) is 18.0. The number of hydrogen-bond acceptors (Lipinski definition) is 7. The summed E-state index contributed by atoms with van der Waals surface area (Å²) in [5.41, 5.74) is 0.704. The fourth-order valence-corrected chi connectivity index (χ4v) is 4.62. The van der Waals surface area contributed by atoms with Crippen molar-refractivity contribution >= 4 is 35.9 Å². The van der Waals surface area contributed by atoms with Crippen molar-refractivity contribution in [1.82, 2.24) is 24.3 Å². The van der Waals surface area contributed by atoms with Gasteiger partial charge in [-0.05, 0) is 36.9 Å². The summed E-state index contributed by atoms with van der Waals surface area (Å²) in [4.78, 5) is 52.0. The Balaban J connectivity index is 0.000000858. The summed E-state index contributed by atoms with van der Waals surface area (Å²) in [7, 11) is 1.53. The quantitative estimate of drug-likeness (QED) is 0.562. The van der Waals surface area contributed by atoms with Crippen LogP contribution in [0.15, 0.2) is 30.3 Å². The number of carboxylic acid groups (broad SMARTS) is 1. The van der Waals surface area contributed by atoms with Crippen molar-refractivity contribution in [1.29, 1.82) is 0 Å². The molecule has 11 heteroatoms. The van der Waals surface area contributed by atoms with Crippen LogP contribution in [0.5, 0.6) is 0 Å². The van der Waals surface area contributed by atoms with Crippen molar-refractivity contribution in [2.45, 2.75) is 31.8 Å². The van der Waals surface area contributed by atoms with Gasteiger partial charge in [-0.1, -0.05) is 34.8 Å². The van der Waals surface area contributed by atoms with Crippen LogP contribution in [-0.4, -0.2) is 79.4 Å². The normalized spacial score (nSPS) is 17.5. The van der Waals surface area contributed by atoms with Gasteiger partial charge in [-0.2, -0.15) is 0 Å². The molecule has 164 valence electrons. The van der Waals surface area contributed by atoms with Gasteiger partial charge in [0.15, 0.2) is 0 Å². The number of imide groups is 1.